The Balaban J connectivity index is 2.56. The SMILES string of the molecule is CCNC(c1cc(F)c(F)c(F)c1)c1cccc(Cl)c1Cl. The summed E-state index contributed by atoms with van der Waals surface area (Å²) in [4.78, 5) is 0. The van der Waals surface area contributed by atoms with Gasteiger partial charge in [0.1, 0.15) is 0 Å². The largest absolute Gasteiger partial charge is 0.306 e. The summed E-state index contributed by atoms with van der Waals surface area (Å²) in [6.07, 6.45) is 0. The zero-order valence-corrected chi connectivity index (χ0v) is 12.6. The summed E-state index contributed by atoms with van der Waals surface area (Å²) in [6, 6.07) is 6.30. The van der Waals surface area contributed by atoms with Gasteiger partial charge in [-0.1, -0.05) is 42.3 Å². The highest BCUT2D eigenvalue weighted by molar-refractivity contribution is 6.42. The van der Waals surface area contributed by atoms with Crippen molar-refractivity contribution in [3.05, 3.63) is 69.0 Å². The molecule has 21 heavy (non-hydrogen) atoms. The standard InChI is InChI=1S/C15H12Cl2F3N/c1-2-21-15(9-4-3-5-10(16)13(9)17)8-6-11(18)14(20)12(19)7-8/h3-7,15,21H,2H2,1H3. The van der Waals surface area contributed by atoms with E-state index in [1.807, 2.05) is 6.92 Å². The molecule has 1 N–H and O–H groups in total. The molecule has 2 aromatic carbocycles. The minimum Gasteiger partial charge on any atom is -0.306 e. The fraction of sp³-hybridized carbons (Fsp3) is 0.200. The molecule has 0 aliphatic carbocycles. The van der Waals surface area contributed by atoms with Gasteiger partial charge in [0.05, 0.1) is 16.1 Å². The zero-order chi connectivity index (χ0) is 15.6. The maximum absolute atomic E-state index is 13.4. The summed E-state index contributed by atoms with van der Waals surface area (Å²) in [7, 11) is 0. The first-order valence-corrected chi connectivity index (χ1v) is 7.03. The molecule has 6 heteroatoms. The fourth-order valence-electron chi connectivity index (χ4n) is 2.10. The molecule has 1 atom stereocenters. The molecule has 0 heterocycles. The molecule has 0 radical (unpaired) electrons. The van der Waals surface area contributed by atoms with Gasteiger partial charge in [-0.05, 0) is 35.9 Å². The van der Waals surface area contributed by atoms with Crippen molar-refractivity contribution in [1.82, 2.24) is 5.32 Å². The van der Waals surface area contributed by atoms with E-state index in [9.17, 15) is 13.2 Å². The van der Waals surface area contributed by atoms with Crippen LogP contribution in [0.3, 0.4) is 0 Å². The lowest BCUT2D eigenvalue weighted by molar-refractivity contribution is 0.442. The van der Waals surface area contributed by atoms with Crippen LogP contribution >= 0.6 is 23.2 Å². The lowest BCUT2D eigenvalue weighted by Gasteiger charge is -2.21. The maximum Gasteiger partial charge on any atom is 0.194 e. The van der Waals surface area contributed by atoms with E-state index in [0.717, 1.165) is 12.1 Å². The van der Waals surface area contributed by atoms with Gasteiger partial charge < -0.3 is 5.32 Å². The molecule has 0 aliphatic heterocycles. The molecule has 1 nitrogen and oxygen atoms in total. The van der Waals surface area contributed by atoms with Crippen LogP contribution < -0.4 is 5.32 Å². The van der Waals surface area contributed by atoms with Crippen LogP contribution in [-0.2, 0) is 0 Å². The van der Waals surface area contributed by atoms with E-state index in [1.54, 1.807) is 18.2 Å². The Kier molecular flexibility index (Phi) is 5.14. The van der Waals surface area contributed by atoms with Crippen LogP contribution in [0.25, 0.3) is 0 Å². The fourth-order valence-corrected chi connectivity index (χ4v) is 2.51. The highest BCUT2D eigenvalue weighted by atomic mass is 35.5. The second-order valence-electron chi connectivity index (χ2n) is 4.43. The van der Waals surface area contributed by atoms with Crippen molar-refractivity contribution in [3.8, 4) is 0 Å². The van der Waals surface area contributed by atoms with Gasteiger partial charge in [0, 0.05) is 0 Å². The topological polar surface area (TPSA) is 12.0 Å². The molecule has 0 fully saturated rings. The smallest absolute Gasteiger partial charge is 0.194 e. The Morgan fingerprint density at radius 1 is 1.10 bits per heavy atom. The van der Waals surface area contributed by atoms with Crippen molar-refractivity contribution < 1.29 is 13.2 Å². The van der Waals surface area contributed by atoms with E-state index < -0.39 is 23.5 Å². The summed E-state index contributed by atoms with van der Waals surface area (Å²) >= 11 is 12.1. The molecule has 0 amide bonds. The van der Waals surface area contributed by atoms with Crippen LogP contribution in [0.5, 0.6) is 0 Å². The first-order chi connectivity index (χ1) is 9.95. The van der Waals surface area contributed by atoms with Crippen molar-refractivity contribution in [1.29, 1.82) is 0 Å². The Labute approximate surface area is 130 Å². The Morgan fingerprint density at radius 3 is 2.29 bits per heavy atom. The van der Waals surface area contributed by atoms with Crippen molar-refractivity contribution in [2.75, 3.05) is 6.54 Å². The Morgan fingerprint density at radius 2 is 1.71 bits per heavy atom. The number of halogens is 5. The van der Waals surface area contributed by atoms with E-state index in [1.165, 1.54) is 0 Å². The summed E-state index contributed by atoms with van der Waals surface area (Å²) in [6.45, 7) is 2.36. The van der Waals surface area contributed by atoms with Gasteiger partial charge in [-0.2, -0.15) is 0 Å². The molecule has 0 spiro atoms. The van der Waals surface area contributed by atoms with Crippen molar-refractivity contribution in [3.63, 3.8) is 0 Å². The van der Waals surface area contributed by atoms with Gasteiger partial charge in [0.25, 0.3) is 0 Å². The molecule has 0 saturated heterocycles. The third kappa shape index (κ3) is 3.34. The molecule has 0 saturated carbocycles. The van der Waals surface area contributed by atoms with E-state index >= 15 is 0 Å². The number of rotatable bonds is 4. The average molecular weight is 334 g/mol. The Bertz CT molecular complexity index is 638. The minimum absolute atomic E-state index is 0.234. The monoisotopic (exact) mass is 333 g/mol. The molecule has 1 unspecified atom stereocenters. The molecule has 2 aromatic rings. The van der Waals surface area contributed by atoms with E-state index in [-0.39, 0.29) is 10.6 Å². The van der Waals surface area contributed by atoms with Crippen LogP contribution in [0.2, 0.25) is 10.0 Å². The molecule has 0 aromatic heterocycles. The third-order valence-electron chi connectivity index (χ3n) is 3.04. The number of hydrogen-bond acceptors (Lipinski definition) is 1. The summed E-state index contributed by atoms with van der Waals surface area (Å²) in [5.41, 5.74) is 0.800. The van der Waals surface area contributed by atoms with Gasteiger partial charge >= 0.3 is 0 Å². The summed E-state index contributed by atoms with van der Waals surface area (Å²) in [5.74, 6) is -3.98. The Hall–Kier alpha value is -1.23. The van der Waals surface area contributed by atoms with Gasteiger partial charge in [-0.25, -0.2) is 13.2 Å². The van der Waals surface area contributed by atoms with Crippen LogP contribution in [0.1, 0.15) is 24.1 Å². The number of benzene rings is 2. The van der Waals surface area contributed by atoms with E-state index in [4.69, 9.17) is 23.2 Å². The van der Waals surface area contributed by atoms with Crippen LogP contribution in [0, 0.1) is 17.5 Å². The zero-order valence-electron chi connectivity index (χ0n) is 11.1. The van der Waals surface area contributed by atoms with Gasteiger partial charge in [0.2, 0.25) is 0 Å². The van der Waals surface area contributed by atoms with Crippen LogP contribution in [0.15, 0.2) is 30.3 Å². The summed E-state index contributed by atoms with van der Waals surface area (Å²) < 4.78 is 40.0. The summed E-state index contributed by atoms with van der Waals surface area (Å²) in [5, 5.41) is 3.68. The predicted molar refractivity (Wildman–Crippen MR) is 78.3 cm³/mol. The first kappa shape index (κ1) is 16.1. The second-order valence-corrected chi connectivity index (χ2v) is 5.22. The second kappa shape index (κ2) is 6.69. The van der Waals surface area contributed by atoms with Crippen LogP contribution in [-0.4, -0.2) is 6.54 Å². The number of nitrogens with one attached hydrogen (secondary N) is 1. The third-order valence-corrected chi connectivity index (χ3v) is 3.87. The lowest BCUT2D eigenvalue weighted by Crippen LogP contribution is -2.23. The van der Waals surface area contributed by atoms with Gasteiger partial charge in [0.15, 0.2) is 17.5 Å². The number of hydrogen-bond donors (Lipinski definition) is 1. The van der Waals surface area contributed by atoms with Gasteiger partial charge in [-0.3, -0.25) is 0 Å². The highest BCUT2D eigenvalue weighted by Crippen LogP contribution is 2.34. The maximum atomic E-state index is 13.4. The molecule has 0 aliphatic rings. The molecule has 0 bridgehead atoms. The highest BCUT2D eigenvalue weighted by Gasteiger charge is 2.21. The average Bonchev–Trinajstić information content (AvgIpc) is 2.45. The molecule has 112 valence electrons. The van der Waals surface area contributed by atoms with Crippen LogP contribution in [0.4, 0.5) is 13.2 Å². The van der Waals surface area contributed by atoms with Crippen molar-refractivity contribution in [2.45, 2.75) is 13.0 Å². The van der Waals surface area contributed by atoms with Crippen molar-refractivity contribution >= 4 is 23.2 Å². The first-order valence-electron chi connectivity index (χ1n) is 6.27. The molecule has 2 rings (SSSR count). The van der Waals surface area contributed by atoms with E-state index in [0.29, 0.717) is 17.1 Å². The van der Waals surface area contributed by atoms with Crippen molar-refractivity contribution in [2.24, 2.45) is 0 Å². The predicted octanol–water partition coefficient (Wildman–Crippen LogP) is 5.11. The normalized spacial score (nSPS) is 12.5. The quantitative estimate of drug-likeness (QED) is 0.766. The minimum atomic E-state index is -1.49. The van der Waals surface area contributed by atoms with Gasteiger partial charge in [-0.15, -0.1) is 0 Å². The molecular formula is C15H12Cl2F3N. The van der Waals surface area contributed by atoms with E-state index in [2.05, 4.69) is 5.32 Å². The lowest BCUT2D eigenvalue weighted by atomic mass is 9.98. The molecular weight excluding hydrogens is 322 g/mol.